The number of hydroxylamine groups is 2. The van der Waals surface area contributed by atoms with Crippen LogP contribution in [-0.2, 0) is 18.0 Å². The van der Waals surface area contributed by atoms with E-state index in [9.17, 15) is 0 Å². The van der Waals surface area contributed by atoms with Gasteiger partial charge in [0.1, 0.15) is 0 Å². The maximum absolute atomic E-state index is 5.88. The molecule has 96 valence electrons. The zero-order chi connectivity index (χ0) is 12.8. The number of nitrogens with zero attached hydrogens (tertiary/aromatic N) is 1. The summed E-state index contributed by atoms with van der Waals surface area (Å²) in [6.07, 6.45) is 1.94. The minimum atomic E-state index is 0.344. The van der Waals surface area contributed by atoms with Gasteiger partial charge in [-0.15, -0.1) is 0 Å². The Labute approximate surface area is 108 Å². The molecule has 1 N–H and O–H groups in total. The van der Waals surface area contributed by atoms with Crippen molar-refractivity contribution in [3.05, 3.63) is 59.9 Å². The van der Waals surface area contributed by atoms with E-state index < -0.39 is 0 Å². The van der Waals surface area contributed by atoms with Crippen LogP contribution in [0.15, 0.2) is 48.7 Å². The van der Waals surface area contributed by atoms with Gasteiger partial charge < -0.3 is 4.98 Å². The van der Waals surface area contributed by atoms with Crippen molar-refractivity contribution in [3.63, 3.8) is 0 Å². The number of benzene rings is 1. The summed E-state index contributed by atoms with van der Waals surface area (Å²) in [5.41, 5.74) is 2.35. The van der Waals surface area contributed by atoms with Gasteiger partial charge in [0.05, 0.1) is 13.2 Å². The van der Waals surface area contributed by atoms with Crippen LogP contribution in [0.1, 0.15) is 25.1 Å². The Morgan fingerprint density at radius 1 is 1.11 bits per heavy atom. The van der Waals surface area contributed by atoms with Gasteiger partial charge in [0.25, 0.3) is 0 Å². The third kappa shape index (κ3) is 3.72. The van der Waals surface area contributed by atoms with Crippen molar-refractivity contribution in [1.82, 2.24) is 10.0 Å². The normalized spacial score (nSPS) is 11.3. The van der Waals surface area contributed by atoms with Crippen molar-refractivity contribution in [2.45, 2.75) is 33.0 Å². The van der Waals surface area contributed by atoms with Gasteiger partial charge in [-0.05, 0) is 31.5 Å². The number of H-pyrrole nitrogens is 1. The number of rotatable bonds is 6. The average molecular weight is 244 g/mol. The van der Waals surface area contributed by atoms with Crippen LogP contribution in [0.25, 0.3) is 0 Å². The Morgan fingerprint density at radius 3 is 2.50 bits per heavy atom. The van der Waals surface area contributed by atoms with E-state index in [0.717, 1.165) is 12.2 Å². The molecule has 3 heteroatoms. The maximum atomic E-state index is 5.88. The smallest absolute Gasteiger partial charge is 0.0936 e. The van der Waals surface area contributed by atoms with Gasteiger partial charge in [-0.3, -0.25) is 4.84 Å². The molecule has 0 aliphatic rings. The van der Waals surface area contributed by atoms with Gasteiger partial charge in [0.15, 0.2) is 0 Å². The zero-order valence-corrected chi connectivity index (χ0v) is 11.0. The summed E-state index contributed by atoms with van der Waals surface area (Å²) in [6.45, 7) is 5.65. The first-order valence-electron chi connectivity index (χ1n) is 6.31. The van der Waals surface area contributed by atoms with E-state index in [1.807, 2.05) is 35.5 Å². The lowest BCUT2D eigenvalue weighted by Gasteiger charge is -2.25. The highest BCUT2D eigenvalue weighted by atomic mass is 16.7. The summed E-state index contributed by atoms with van der Waals surface area (Å²) in [6, 6.07) is 14.7. The molecule has 0 bridgehead atoms. The third-order valence-electron chi connectivity index (χ3n) is 2.80. The molecule has 0 radical (unpaired) electrons. The molecule has 0 aliphatic carbocycles. The lowest BCUT2D eigenvalue weighted by Crippen LogP contribution is -2.30. The average Bonchev–Trinajstić information content (AvgIpc) is 2.88. The van der Waals surface area contributed by atoms with Crippen molar-refractivity contribution in [3.8, 4) is 0 Å². The molecule has 3 nitrogen and oxygen atoms in total. The summed E-state index contributed by atoms with van der Waals surface area (Å²) >= 11 is 0. The van der Waals surface area contributed by atoms with Crippen LogP contribution >= 0.6 is 0 Å². The summed E-state index contributed by atoms with van der Waals surface area (Å²) in [4.78, 5) is 9.08. The first-order chi connectivity index (χ1) is 8.75. The SMILES string of the molecule is CC(C)N(Cc1ccc[nH]1)OCc1ccccc1. The molecule has 1 heterocycles. The summed E-state index contributed by atoms with van der Waals surface area (Å²) in [7, 11) is 0. The van der Waals surface area contributed by atoms with Gasteiger partial charge >= 0.3 is 0 Å². The Bertz CT molecular complexity index is 437. The minimum absolute atomic E-state index is 0.344. The van der Waals surface area contributed by atoms with Crippen molar-refractivity contribution in [1.29, 1.82) is 0 Å². The number of aromatic nitrogens is 1. The Hall–Kier alpha value is -1.58. The van der Waals surface area contributed by atoms with Crippen LogP contribution in [0.2, 0.25) is 0 Å². The van der Waals surface area contributed by atoms with E-state index >= 15 is 0 Å². The summed E-state index contributed by atoms with van der Waals surface area (Å²) in [5, 5.41) is 2.00. The molecule has 18 heavy (non-hydrogen) atoms. The standard InChI is InChI=1S/C15H20N2O/c1-13(2)17(11-15-9-6-10-16-15)18-12-14-7-4-3-5-8-14/h3-10,13,16H,11-12H2,1-2H3. The van der Waals surface area contributed by atoms with Crippen LogP contribution in [0, 0.1) is 0 Å². The molecule has 0 fully saturated rings. The Balaban J connectivity index is 1.91. The molecule has 0 atom stereocenters. The van der Waals surface area contributed by atoms with Crippen molar-refractivity contribution >= 4 is 0 Å². The van der Waals surface area contributed by atoms with Gasteiger partial charge in [-0.2, -0.15) is 5.06 Å². The van der Waals surface area contributed by atoms with E-state index in [4.69, 9.17) is 4.84 Å². The Morgan fingerprint density at radius 2 is 1.89 bits per heavy atom. The van der Waals surface area contributed by atoms with Crippen LogP contribution in [0.4, 0.5) is 0 Å². The van der Waals surface area contributed by atoms with Crippen LogP contribution in [0.5, 0.6) is 0 Å². The zero-order valence-electron chi connectivity index (χ0n) is 11.0. The van der Waals surface area contributed by atoms with E-state index in [1.54, 1.807) is 0 Å². The van der Waals surface area contributed by atoms with Gasteiger partial charge in [-0.25, -0.2) is 0 Å². The van der Waals surface area contributed by atoms with Crippen LogP contribution in [0.3, 0.4) is 0 Å². The topological polar surface area (TPSA) is 28.3 Å². The third-order valence-corrected chi connectivity index (χ3v) is 2.80. The molecule has 0 saturated heterocycles. The fourth-order valence-corrected chi connectivity index (χ4v) is 1.74. The minimum Gasteiger partial charge on any atom is -0.364 e. The van der Waals surface area contributed by atoms with Crippen molar-refractivity contribution in [2.24, 2.45) is 0 Å². The molecule has 1 aromatic carbocycles. The van der Waals surface area contributed by atoms with E-state index in [-0.39, 0.29) is 0 Å². The van der Waals surface area contributed by atoms with Crippen molar-refractivity contribution in [2.75, 3.05) is 0 Å². The van der Waals surface area contributed by atoms with E-state index in [0.29, 0.717) is 12.6 Å². The number of hydrogen-bond acceptors (Lipinski definition) is 2. The molecule has 0 unspecified atom stereocenters. The summed E-state index contributed by atoms with van der Waals surface area (Å²) in [5.74, 6) is 0. The second-order valence-corrected chi connectivity index (χ2v) is 4.62. The number of hydrogen-bond donors (Lipinski definition) is 1. The molecular weight excluding hydrogens is 224 g/mol. The second-order valence-electron chi connectivity index (χ2n) is 4.62. The summed E-state index contributed by atoms with van der Waals surface area (Å²) < 4.78 is 0. The lowest BCUT2D eigenvalue weighted by atomic mass is 10.2. The highest BCUT2D eigenvalue weighted by Crippen LogP contribution is 2.10. The fraction of sp³-hybridized carbons (Fsp3) is 0.333. The molecule has 0 saturated carbocycles. The molecule has 0 amide bonds. The highest BCUT2D eigenvalue weighted by Gasteiger charge is 2.11. The number of nitrogens with one attached hydrogen (secondary N) is 1. The monoisotopic (exact) mass is 244 g/mol. The fourth-order valence-electron chi connectivity index (χ4n) is 1.74. The highest BCUT2D eigenvalue weighted by molar-refractivity contribution is 5.13. The van der Waals surface area contributed by atoms with Crippen LogP contribution < -0.4 is 0 Å². The quantitative estimate of drug-likeness (QED) is 0.789. The molecule has 0 aliphatic heterocycles. The molecule has 2 aromatic rings. The first kappa shape index (κ1) is 12.9. The van der Waals surface area contributed by atoms with Gasteiger partial charge in [-0.1, -0.05) is 30.3 Å². The molecule has 0 spiro atoms. The predicted octanol–water partition coefficient (Wildman–Crippen LogP) is 3.36. The largest absolute Gasteiger partial charge is 0.364 e. The van der Waals surface area contributed by atoms with Crippen molar-refractivity contribution < 1.29 is 4.84 Å². The lowest BCUT2D eigenvalue weighted by molar-refractivity contribution is -0.197. The van der Waals surface area contributed by atoms with Gasteiger partial charge in [0, 0.05) is 17.9 Å². The predicted molar refractivity (Wildman–Crippen MR) is 72.7 cm³/mol. The molecule has 1 aromatic heterocycles. The van der Waals surface area contributed by atoms with Gasteiger partial charge in [0.2, 0.25) is 0 Å². The maximum Gasteiger partial charge on any atom is 0.0936 e. The second kappa shape index (κ2) is 6.38. The number of aromatic amines is 1. The van der Waals surface area contributed by atoms with Crippen LogP contribution in [-0.4, -0.2) is 16.1 Å². The molecule has 2 rings (SSSR count). The van der Waals surface area contributed by atoms with E-state index in [1.165, 1.54) is 5.56 Å². The molecular formula is C15H20N2O. The van der Waals surface area contributed by atoms with E-state index in [2.05, 4.69) is 37.0 Å². The first-order valence-corrected chi connectivity index (χ1v) is 6.31. The Kier molecular flexibility index (Phi) is 4.56.